The Morgan fingerprint density at radius 1 is 1.17 bits per heavy atom. The standard InChI is InChI=1S/C20H26N2O2/c1-12(2)17-8-7-13(3)9-18(17)24-11-19(23)22-20-14(4)10-15(5)21-16(20)6/h7-10,12H,11H2,1-6H3,(H,22,23). The van der Waals surface area contributed by atoms with E-state index in [-0.39, 0.29) is 12.5 Å². The molecule has 0 fully saturated rings. The number of benzene rings is 1. The highest BCUT2D eigenvalue weighted by atomic mass is 16.5. The quantitative estimate of drug-likeness (QED) is 0.883. The minimum absolute atomic E-state index is 0.0179. The predicted molar refractivity (Wildman–Crippen MR) is 97.8 cm³/mol. The molecule has 0 bridgehead atoms. The number of hydrogen-bond acceptors (Lipinski definition) is 3. The van der Waals surface area contributed by atoms with Gasteiger partial charge in [0.25, 0.3) is 5.91 Å². The third kappa shape index (κ3) is 4.34. The first-order chi connectivity index (χ1) is 11.3. The van der Waals surface area contributed by atoms with E-state index in [0.717, 1.165) is 39.5 Å². The van der Waals surface area contributed by atoms with Crippen LogP contribution in [0.15, 0.2) is 24.3 Å². The molecule has 4 nitrogen and oxygen atoms in total. The van der Waals surface area contributed by atoms with Gasteiger partial charge in [0.15, 0.2) is 6.61 Å². The highest BCUT2D eigenvalue weighted by Crippen LogP contribution is 2.27. The van der Waals surface area contributed by atoms with Gasteiger partial charge in [0.05, 0.1) is 11.4 Å². The van der Waals surface area contributed by atoms with Crippen LogP contribution < -0.4 is 10.1 Å². The van der Waals surface area contributed by atoms with Gasteiger partial charge in [-0.05, 0) is 62.4 Å². The molecular formula is C20H26N2O2. The van der Waals surface area contributed by atoms with Crippen molar-refractivity contribution in [3.63, 3.8) is 0 Å². The average Bonchev–Trinajstić information content (AvgIpc) is 2.48. The highest BCUT2D eigenvalue weighted by Gasteiger charge is 2.12. The van der Waals surface area contributed by atoms with Crippen LogP contribution in [0.2, 0.25) is 0 Å². The Morgan fingerprint density at radius 2 is 1.88 bits per heavy atom. The van der Waals surface area contributed by atoms with E-state index in [9.17, 15) is 4.79 Å². The Morgan fingerprint density at radius 3 is 2.50 bits per heavy atom. The molecule has 128 valence electrons. The highest BCUT2D eigenvalue weighted by molar-refractivity contribution is 5.93. The summed E-state index contributed by atoms with van der Waals surface area (Å²) in [5.41, 5.74) is 5.76. The number of carbonyl (C=O) groups excluding carboxylic acids is 1. The summed E-state index contributed by atoms with van der Waals surface area (Å²) in [6.07, 6.45) is 0. The van der Waals surface area contributed by atoms with Crippen molar-refractivity contribution in [2.75, 3.05) is 11.9 Å². The van der Waals surface area contributed by atoms with Gasteiger partial charge in [-0.3, -0.25) is 9.78 Å². The van der Waals surface area contributed by atoms with Crippen molar-refractivity contribution in [3.05, 3.63) is 52.3 Å². The number of nitrogens with one attached hydrogen (secondary N) is 1. The van der Waals surface area contributed by atoms with Crippen LogP contribution in [0.3, 0.4) is 0 Å². The Bertz CT molecular complexity index is 728. The molecule has 2 aromatic rings. The third-order valence-electron chi connectivity index (χ3n) is 3.94. The molecule has 24 heavy (non-hydrogen) atoms. The lowest BCUT2D eigenvalue weighted by atomic mass is 10.0. The van der Waals surface area contributed by atoms with Crippen molar-refractivity contribution in [2.45, 2.75) is 47.5 Å². The SMILES string of the molecule is Cc1ccc(C(C)C)c(OCC(=O)Nc2c(C)cc(C)nc2C)c1. The molecule has 0 atom stereocenters. The van der Waals surface area contributed by atoms with E-state index in [4.69, 9.17) is 4.74 Å². The van der Waals surface area contributed by atoms with Crippen LogP contribution in [0, 0.1) is 27.7 Å². The number of aryl methyl sites for hydroxylation is 4. The fourth-order valence-corrected chi connectivity index (χ4v) is 2.77. The van der Waals surface area contributed by atoms with E-state index >= 15 is 0 Å². The van der Waals surface area contributed by atoms with E-state index in [2.05, 4.69) is 36.3 Å². The van der Waals surface area contributed by atoms with Gasteiger partial charge < -0.3 is 10.1 Å². The number of nitrogens with zero attached hydrogens (tertiary/aromatic N) is 1. The maximum atomic E-state index is 12.3. The topological polar surface area (TPSA) is 51.2 Å². The second kappa shape index (κ2) is 7.47. The van der Waals surface area contributed by atoms with Crippen LogP contribution in [0.5, 0.6) is 5.75 Å². The van der Waals surface area contributed by atoms with Crippen LogP contribution in [-0.4, -0.2) is 17.5 Å². The lowest BCUT2D eigenvalue weighted by Crippen LogP contribution is -2.22. The molecule has 0 radical (unpaired) electrons. The molecule has 1 aromatic heterocycles. The van der Waals surface area contributed by atoms with Gasteiger partial charge in [0.1, 0.15) is 5.75 Å². The van der Waals surface area contributed by atoms with E-state index < -0.39 is 0 Å². The number of anilines is 1. The Kier molecular flexibility index (Phi) is 5.60. The monoisotopic (exact) mass is 326 g/mol. The second-order valence-corrected chi connectivity index (χ2v) is 6.57. The molecule has 0 spiro atoms. The van der Waals surface area contributed by atoms with E-state index in [1.165, 1.54) is 0 Å². The first kappa shape index (κ1) is 18.0. The maximum absolute atomic E-state index is 12.3. The number of pyridine rings is 1. The molecule has 1 amide bonds. The van der Waals surface area contributed by atoms with Gasteiger partial charge in [-0.15, -0.1) is 0 Å². The van der Waals surface area contributed by atoms with Crippen molar-refractivity contribution in [2.24, 2.45) is 0 Å². The van der Waals surface area contributed by atoms with Gasteiger partial charge in [0, 0.05) is 5.69 Å². The summed E-state index contributed by atoms with van der Waals surface area (Å²) >= 11 is 0. The molecule has 0 aliphatic heterocycles. The fraction of sp³-hybridized carbons (Fsp3) is 0.400. The normalized spacial score (nSPS) is 10.8. The maximum Gasteiger partial charge on any atom is 0.262 e. The number of amides is 1. The molecular weight excluding hydrogens is 300 g/mol. The van der Waals surface area contributed by atoms with Gasteiger partial charge in [-0.1, -0.05) is 26.0 Å². The van der Waals surface area contributed by atoms with Crippen LogP contribution in [-0.2, 0) is 4.79 Å². The molecule has 0 unspecified atom stereocenters. The van der Waals surface area contributed by atoms with Gasteiger partial charge in [-0.25, -0.2) is 0 Å². The Hall–Kier alpha value is -2.36. The second-order valence-electron chi connectivity index (χ2n) is 6.57. The average molecular weight is 326 g/mol. The Labute approximate surface area is 144 Å². The van der Waals surface area contributed by atoms with Crippen molar-refractivity contribution in [1.82, 2.24) is 4.98 Å². The summed E-state index contributed by atoms with van der Waals surface area (Å²) in [6.45, 7) is 12.0. The molecule has 0 saturated heterocycles. The zero-order valence-electron chi connectivity index (χ0n) is 15.4. The number of hydrogen-bond donors (Lipinski definition) is 1. The first-order valence-corrected chi connectivity index (χ1v) is 8.26. The first-order valence-electron chi connectivity index (χ1n) is 8.26. The summed E-state index contributed by atoms with van der Waals surface area (Å²) in [7, 11) is 0. The smallest absolute Gasteiger partial charge is 0.262 e. The summed E-state index contributed by atoms with van der Waals surface area (Å²) < 4.78 is 5.78. The number of ether oxygens (including phenoxy) is 1. The summed E-state index contributed by atoms with van der Waals surface area (Å²) in [5.74, 6) is 0.938. The van der Waals surface area contributed by atoms with Crippen molar-refractivity contribution >= 4 is 11.6 Å². The molecule has 0 aliphatic rings. The molecule has 1 aromatic carbocycles. The fourth-order valence-electron chi connectivity index (χ4n) is 2.77. The number of carbonyl (C=O) groups is 1. The van der Waals surface area contributed by atoms with Crippen molar-refractivity contribution in [3.8, 4) is 5.75 Å². The van der Waals surface area contributed by atoms with Gasteiger partial charge >= 0.3 is 0 Å². The third-order valence-corrected chi connectivity index (χ3v) is 3.94. The summed E-state index contributed by atoms with van der Waals surface area (Å²) in [4.78, 5) is 16.7. The molecule has 0 saturated carbocycles. The minimum atomic E-state index is -0.178. The van der Waals surface area contributed by atoms with E-state index in [1.54, 1.807) is 0 Å². The van der Waals surface area contributed by atoms with Crippen LogP contribution in [0.25, 0.3) is 0 Å². The molecule has 4 heteroatoms. The predicted octanol–water partition coefficient (Wildman–Crippen LogP) is 4.46. The van der Waals surface area contributed by atoms with Gasteiger partial charge in [0.2, 0.25) is 0 Å². The van der Waals surface area contributed by atoms with E-state index in [0.29, 0.717) is 5.92 Å². The molecule has 1 heterocycles. The van der Waals surface area contributed by atoms with Crippen LogP contribution in [0.1, 0.15) is 47.8 Å². The van der Waals surface area contributed by atoms with E-state index in [1.807, 2.05) is 39.8 Å². The zero-order valence-corrected chi connectivity index (χ0v) is 15.4. The lowest BCUT2D eigenvalue weighted by molar-refractivity contribution is -0.118. The van der Waals surface area contributed by atoms with Crippen molar-refractivity contribution < 1.29 is 9.53 Å². The van der Waals surface area contributed by atoms with Gasteiger partial charge in [-0.2, -0.15) is 0 Å². The summed E-state index contributed by atoms with van der Waals surface area (Å²) in [5, 5.41) is 2.91. The van der Waals surface area contributed by atoms with Crippen molar-refractivity contribution in [1.29, 1.82) is 0 Å². The Balaban J connectivity index is 2.08. The molecule has 0 aliphatic carbocycles. The minimum Gasteiger partial charge on any atom is -0.483 e. The zero-order chi connectivity index (χ0) is 17.9. The lowest BCUT2D eigenvalue weighted by Gasteiger charge is -2.16. The van der Waals surface area contributed by atoms with Crippen LogP contribution in [0.4, 0.5) is 5.69 Å². The number of aromatic nitrogens is 1. The number of rotatable bonds is 5. The summed E-state index contributed by atoms with van der Waals surface area (Å²) in [6, 6.07) is 8.06. The molecule has 2 rings (SSSR count). The largest absolute Gasteiger partial charge is 0.483 e. The van der Waals surface area contributed by atoms with Crippen LogP contribution >= 0.6 is 0 Å². The molecule has 1 N–H and O–H groups in total.